The first-order valence-electron chi connectivity index (χ1n) is 17.0. The lowest BCUT2D eigenvalue weighted by molar-refractivity contribution is 0.143. The van der Waals surface area contributed by atoms with Crippen molar-refractivity contribution in [3.05, 3.63) is 23.3 Å². The molecule has 0 heterocycles. The summed E-state index contributed by atoms with van der Waals surface area (Å²) in [6.45, 7) is 11.5. The van der Waals surface area contributed by atoms with Gasteiger partial charge in [-0.3, -0.25) is 0 Å². The first-order valence-corrected chi connectivity index (χ1v) is 17.0. The minimum absolute atomic E-state index is 0.884. The molecule has 4 unspecified atom stereocenters. The molecule has 4 aliphatic carbocycles. The van der Waals surface area contributed by atoms with Gasteiger partial charge in [0.25, 0.3) is 0 Å². The minimum Gasteiger partial charge on any atom is -0.373 e. The van der Waals surface area contributed by atoms with Gasteiger partial charge in [0.1, 0.15) is 0 Å². The topological polar surface area (TPSA) is 9.23 Å². The van der Waals surface area contributed by atoms with Gasteiger partial charge in [0.05, 0.1) is 13.2 Å². The number of rotatable bonds is 12. The maximum Gasteiger partial charge on any atom is 0.0681 e. The maximum absolute atomic E-state index is 6.26. The summed E-state index contributed by atoms with van der Waals surface area (Å²) in [5.74, 6) is 7.83. The van der Waals surface area contributed by atoms with Crippen molar-refractivity contribution in [3.8, 4) is 0 Å². The monoisotopic (exact) mass is 510 g/mol. The molecule has 0 aromatic rings. The van der Waals surface area contributed by atoms with Crippen molar-refractivity contribution in [2.24, 2.45) is 47.3 Å². The van der Waals surface area contributed by atoms with Crippen LogP contribution in [0.5, 0.6) is 0 Å². The van der Waals surface area contributed by atoms with Gasteiger partial charge in [-0.05, 0) is 148 Å². The number of hydrogen-bond acceptors (Lipinski definition) is 1. The molecule has 212 valence electrons. The standard InChI is InChI=1S/C36H62O/c1-5-7-27(3)31-17-21-35(22-18-31)33-13-9-29(10-14-33)25-37-26-30-11-15-34(16-12-30)36-23-19-32(20-24-36)28(4)8-6-2/h9,11,27-28,31-36H,5-8,10,12-26H2,1-4H3. The Kier molecular flexibility index (Phi) is 12.2. The van der Waals surface area contributed by atoms with Crippen LogP contribution in [-0.4, -0.2) is 13.2 Å². The Morgan fingerprint density at radius 3 is 1.32 bits per heavy atom. The van der Waals surface area contributed by atoms with E-state index < -0.39 is 0 Å². The SMILES string of the molecule is CCCC(C)C1CCC(C2CC=C(COCC3=CCC(C4CCC(C(C)CCC)CC4)CC3)CC2)CC1. The summed E-state index contributed by atoms with van der Waals surface area (Å²) >= 11 is 0. The highest BCUT2D eigenvalue weighted by Crippen LogP contribution is 2.43. The van der Waals surface area contributed by atoms with Crippen LogP contribution in [0.15, 0.2) is 23.3 Å². The third-order valence-electron chi connectivity index (χ3n) is 11.7. The van der Waals surface area contributed by atoms with Gasteiger partial charge in [-0.15, -0.1) is 0 Å². The van der Waals surface area contributed by atoms with Gasteiger partial charge < -0.3 is 4.74 Å². The molecule has 4 aliphatic rings. The fourth-order valence-corrected chi connectivity index (χ4v) is 9.00. The van der Waals surface area contributed by atoms with E-state index in [9.17, 15) is 0 Å². The lowest BCUT2D eigenvalue weighted by Crippen LogP contribution is -2.26. The average Bonchev–Trinajstić information content (AvgIpc) is 2.94. The summed E-state index contributed by atoms with van der Waals surface area (Å²) in [6.07, 6.45) is 30.8. The van der Waals surface area contributed by atoms with Crippen LogP contribution in [0.3, 0.4) is 0 Å². The first kappa shape index (κ1) is 29.4. The van der Waals surface area contributed by atoms with Crippen LogP contribution in [0.25, 0.3) is 0 Å². The molecule has 0 aromatic carbocycles. The normalized spacial score (nSPS) is 34.9. The molecule has 0 spiro atoms. The van der Waals surface area contributed by atoms with E-state index in [1.165, 1.54) is 116 Å². The largest absolute Gasteiger partial charge is 0.373 e. The van der Waals surface area contributed by atoms with E-state index in [0.717, 1.165) is 60.6 Å². The van der Waals surface area contributed by atoms with Crippen molar-refractivity contribution in [1.82, 2.24) is 0 Å². The Morgan fingerprint density at radius 1 is 0.595 bits per heavy atom. The Hall–Kier alpha value is -0.560. The highest BCUT2D eigenvalue weighted by molar-refractivity contribution is 5.10. The van der Waals surface area contributed by atoms with E-state index in [2.05, 4.69) is 39.8 Å². The molecule has 37 heavy (non-hydrogen) atoms. The molecule has 0 aliphatic heterocycles. The Morgan fingerprint density at radius 2 is 1.00 bits per heavy atom. The average molecular weight is 511 g/mol. The van der Waals surface area contributed by atoms with E-state index in [0.29, 0.717) is 0 Å². The van der Waals surface area contributed by atoms with Crippen molar-refractivity contribution < 1.29 is 4.74 Å². The van der Waals surface area contributed by atoms with Crippen LogP contribution >= 0.6 is 0 Å². The smallest absolute Gasteiger partial charge is 0.0681 e. The van der Waals surface area contributed by atoms with Gasteiger partial charge >= 0.3 is 0 Å². The minimum atomic E-state index is 0.884. The van der Waals surface area contributed by atoms with Crippen molar-refractivity contribution in [2.45, 2.75) is 143 Å². The molecule has 1 nitrogen and oxygen atoms in total. The zero-order valence-electron chi connectivity index (χ0n) is 25.3. The summed E-state index contributed by atoms with van der Waals surface area (Å²) < 4.78 is 6.26. The third kappa shape index (κ3) is 8.71. The molecule has 0 N–H and O–H groups in total. The van der Waals surface area contributed by atoms with E-state index in [-0.39, 0.29) is 0 Å². The van der Waals surface area contributed by atoms with Crippen LogP contribution < -0.4 is 0 Å². The number of hydrogen-bond donors (Lipinski definition) is 0. The summed E-state index contributed by atoms with van der Waals surface area (Å²) in [6, 6.07) is 0. The predicted molar refractivity (Wildman–Crippen MR) is 161 cm³/mol. The summed E-state index contributed by atoms with van der Waals surface area (Å²) in [5, 5.41) is 0. The molecule has 0 amide bonds. The molecule has 0 radical (unpaired) electrons. The van der Waals surface area contributed by atoms with Crippen molar-refractivity contribution in [3.63, 3.8) is 0 Å². The van der Waals surface area contributed by atoms with Crippen molar-refractivity contribution >= 4 is 0 Å². The van der Waals surface area contributed by atoms with E-state index >= 15 is 0 Å². The highest BCUT2D eigenvalue weighted by atomic mass is 16.5. The second-order valence-corrected chi connectivity index (χ2v) is 14.2. The third-order valence-corrected chi connectivity index (χ3v) is 11.7. The molecule has 2 fully saturated rings. The Balaban J connectivity index is 1.09. The van der Waals surface area contributed by atoms with Crippen LogP contribution in [0.4, 0.5) is 0 Å². The number of ether oxygens (including phenoxy) is 1. The van der Waals surface area contributed by atoms with Gasteiger partial charge in [-0.25, -0.2) is 0 Å². The molecule has 0 aromatic heterocycles. The first-order chi connectivity index (χ1) is 18.1. The van der Waals surface area contributed by atoms with Crippen LogP contribution in [0.2, 0.25) is 0 Å². The van der Waals surface area contributed by atoms with Crippen LogP contribution in [0.1, 0.15) is 143 Å². The van der Waals surface area contributed by atoms with Gasteiger partial charge in [0.2, 0.25) is 0 Å². The van der Waals surface area contributed by atoms with Gasteiger partial charge in [0.15, 0.2) is 0 Å². The summed E-state index contributed by atoms with van der Waals surface area (Å²) in [7, 11) is 0. The number of allylic oxidation sites excluding steroid dienone is 2. The quantitative estimate of drug-likeness (QED) is 0.237. The van der Waals surface area contributed by atoms with Crippen LogP contribution in [0, 0.1) is 47.3 Å². The molecule has 2 saturated carbocycles. The predicted octanol–water partition coefficient (Wildman–Crippen LogP) is 10.9. The molecule has 1 heteroatoms. The highest BCUT2D eigenvalue weighted by Gasteiger charge is 2.31. The fraction of sp³-hybridized carbons (Fsp3) is 0.889. The molecular formula is C36H62O. The molecule has 4 atom stereocenters. The maximum atomic E-state index is 6.26. The Labute approximate surface area is 231 Å². The zero-order valence-corrected chi connectivity index (χ0v) is 25.3. The second kappa shape index (κ2) is 15.3. The zero-order chi connectivity index (χ0) is 26.0. The van der Waals surface area contributed by atoms with Crippen LogP contribution in [-0.2, 0) is 4.74 Å². The van der Waals surface area contributed by atoms with E-state index in [1.54, 1.807) is 11.1 Å². The lowest BCUT2D eigenvalue weighted by Gasteiger charge is -2.37. The fourth-order valence-electron chi connectivity index (χ4n) is 9.00. The molecule has 0 saturated heterocycles. The summed E-state index contributed by atoms with van der Waals surface area (Å²) in [4.78, 5) is 0. The second-order valence-electron chi connectivity index (χ2n) is 14.2. The van der Waals surface area contributed by atoms with Gasteiger partial charge in [0, 0.05) is 0 Å². The van der Waals surface area contributed by atoms with Gasteiger partial charge in [-0.2, -0.15) is 0 Å². The Bertz CT molecular complexity index is 642. The molecule has 4 rings (SSSR count). The van der Waals surface area contributed by atoms with E-state index in [1.807, 2.05) is 0 Å². The molecule has 0 bridgehead atoms. The van der Waals surface area contributed by atoms with Gasteiger partial charge in [-0.1, -0.05) is 65.5 Å². The van der Waals surface area contributed by atoms with Crippen molar-refractivity contribution in [2.75, 3.05) is 13.2 Å². The molecular weight excluding hydrogens is 448 g/mol. The van der Waals surface area contributed by atoms with E-state index in [4.69, 9.17) is 4.74 Å². The van der Waals surface area contributed by atoms with Crippen molar-refractivity contribution in [1.29, 1.82) is 0 Å². The lowest BCUT2D eigenvalue weighted by atomic mass is 9.69. The summed E-state index contributed by atoms with van der Waals surface area (Å²) in [5.41, 5.74) is 3.18.